The first-order chi connectivity index (χ1) is 7.09. The van der Waals surface area contributed by atoms with E-state index in [0.717, 1.165) is 0 Å². The number of hydrogen-bond donors (Lipinski definition) is 1. The normalized spacial score (nSPS) is 8.80. The average molecular weight is 206 g/mol. The predicted octanol–water partition coefficient (Wildman–Crippen LogP) is 0.816. The molecule has 6 heteroatoms. The summed E-state index contributed by atoms with van der Waals surface area (Å²) >= 11 is 0. The molecule has 0 saturated carbocycles. The van der Waals surface area contributed by atoms with Gasteiger partial charge in [-0.1, -0.05) is 5.92 Å². The van der Waals surface area contributed by atoms with Gasteiger partial charge in [0.2, 0.25) is 0 Å². The summed E-state index contributed by atoms with van der Waals surface area (Å²) in [6.07, 6.45) is 0.938. The molecule has 0 aromatic carbocycles. The first kappa shape index (κ1) is 10.7. The monoisotopic (exact) mass is 206 g/mol. The van der Waals surface area contributed by atoms with E-state index >= 15 is 0 Å². The molecule has 0 unspecified atom stereocenters. The van der Waals surface area contributed by atoms with E-state index in [1.54, 1.807) is 0 Å². The SMILES string of the molecule is O=C(O)CC#Cc1cc([N+](=O)[O-])ccn1. The second-order valence-electron chi connectivity index (χ2n) is 2.53. The van der Waals surface area contributed by atoms with Crippen molar-refractivity contribution in [2.75, 3.05) is 0 Å². The Morgan fingerprint density at radius 3 is 3.00 bits per heavy atom. The Balaban J connectivity index is 2.85. The Kier molecular flexibility index (Phi) is 3.35. The summed E-state index contributed by atoms with van der Waals surface area (Å²) in [5.74, 6) is 3.71. The minimum atomic E-state index is -1.05. The summed E-state index contributed by atoms with van der Waals surface area (Å²) in [6.45, 7) is 0. The zero-order valence-electron chi connectivity index (χ0n) is 7.51. The van der Waals surface area contributed by atoms with E-state index in [0.29, 0.717) is 0 Å². The summed E-state index contributed by atoms with van der Waals surface area (Å²) in [4.78, 5) is 23.7. The number of pyridine rings is 1. The van der Waals surface area contributed by atoms with Crippen LogP contribution in [-0.4, -0.2) is 21.0 Å². The van der Waals surface area contributed by atoms with E-state index < -0.39 is 10.9 Å². The molecule has 0 aliphatic rings. The molecule has 1 aromatic rings. The molecule has 1 aromatic heterocycles. The molecule has 0 aliphatic heterocycles. The van der Waals surface area contributed by atoms with Crippen LogP contribution in [0.15, 0.2) is 18.3 Å². The Morgan fingerprint density at radius 2 is 2.40 bits per heavy atom. The number of carboxylic acids is 1. The van der Waals surface area contributed by atoms with Gasteiger partial charge in [-0.2, -0.15) is 0 Å². The Morgan fingerprint density at radius 1 is 1.67 bits per heavy atom. The van der Waals surface area contributed by atoms with E-state index in [4.69, 9.17) is 5.11 Å². The van der Waals surface area contributed by atoms with Gasteiger partial charge >= 0.3 is 5.97 Å². The third-order valence-electron chi connectivity index (χ3n) is 1.41. The molecule has 76 valence electrons. The molecular weight excluding hydrogens is 200 g/mol. The molecule has 1 heterocycles. The van der Waals surface area contributed by atoms with Crippen LogP contribution in [0, 0.1) is 22.0 Å². The van der Waals surface area contributed by atoms with Crippen LogP contribution >= 0.6 is 0 Å². The van der Waals surface area contributed by atoms with E-state index in [2.05, 4.69) is 16.8 Å². The second kappa shape index (κ2) is 4.72. The highest BCUT2D eigenvalue weighted by Gasteiger charge is 2.04. The van der Waals surface area contributed by atoms with Crippen molar-refractivity contribution in [2.45, 2.75) is 6.42 Å². The summed E-state index contributed by atoms with van der Waals surface area (Å²) < 4.78 is 0. The lowest BCUT2D eigenvalue weighted by Gasteiger charge is -1.90. The molecule has 0 aliphatic carbocycles. The Labute approximate surface area is 84.7 Å². The fourth-order valence-electron chi connectivity index (χ4n) is 0.812. The lowest BCUT2D eigenvalue weighted by Crippen LogP contribution is -1.92. The van der Waals surface area contributed by atoms with Crippen molar-refractivity contribution >= 4 is 11.7 Å². The van der Waals surface area contributed by atoms with Gasteiger partial charge in [-0.05, 0) is 5.92 Å². The Bertz CT molecular complexity index is 459. The van der Waals surface area contributed by atoms with Crippen molar-refractivity contribution in [3.05, 3.63) is 34.1 Å². The van der Waals surface area contributed by atoms with Crippen molar-refractivity contribution in [1.29, 1.82) is 0 Å². The summed E-state index contributed by atoms with van der Waals surface area (Å²) in [7, 11) is 0. The highest BCUT2D eigenvalue weighted by Crippen LogP contribution is 2.09. The molecule has 0 bridgehead atoms. The third kappa shape index (κ3) is 3.44. The van der Waals surface area contributed by atoms with Crippen molar-refractivity contribution in [2.24, 2.45) is 0 Å². The van der Waals surface area contributed by atoms with Crippen molar-refractivity contribution in [3.63, 3.8) is 0 Å². The maximum atomic E-state index is 10.4. The van der Waals surface area contributed by atoms with Crippen LogP contribution in [0.4, 0.5) is 5.69 Å². The smallest absolute Gasteiger partial charge is 0.315 e. The van der Waals surface area contributed by atoms with Gasteiger partial charge in [-0.3, -0.25) is 14.9 Å². The van der Waals surface area contributed by atoms with Crippen LogP contribution < -0.4 is 0 Å². The van der Waals surface area contributed by atoms with Gasteiger partial charge in [0.25, 0.3) is 5.69 Å². The molecule has 1 rings (SSSR count). The zero-order chi connectivity index (χ0) is 11.3. The predicted molar refractivity (Wildman–Crippen MR) is 50.0 cm³/mol. The molecule has 0 atom stereocenters. The molecule has 0 amide bonds. The van der Waals surface area contributed by atoms with Gasteiger partial charge in [0, 0.05) is 12.3 Å². The van der Waals surface area contributed by atoms with Crippen LogP contribution in [0.3, 0.4) is 0 Å². The molecule has 0 spiro atoms. The fraction of sp³-hybridized carbons (Fsp3) is 0.111. The quantitative estimate of drug-likeness (QED) is 0.439. The highest BCUT2D eigenvalue weighted by molar-refractivity contribution is 5.70. The van der Waals surface area contributed by atoms with Crippen molar-refractivity contribution < 1.29 is 14.8 Å². The number of hydrogen-bond acceptors (Lipinski definition) is 4. The van der Waals surface area contributed by atoms with Gasteiger partial charge in [0.05, 0.1) is 11.0 Å². The van der Waals surface area contributed by atoms with Crippen LogP contribution in [-0.2, 0) is 4.79 Å². The molecule has 0 radical (unpaired) electrons. The molecule has 6 nitrogen and oxygen atoms in total. The number of nitro groups is 1. The van der Waals surface area contributed by atoms with Gasteiger partial charge in [-0.15, -0.1) is 0 Å². The minimum Gasteiger partial charge on any atom is -0.481 e. The first-order valence-corrected chi connectivity index (χ1v) is 3.90. The lowest BCUT2D eigenvalue weighted by atomic mass is 10.3. The van der Waals surface area contributed by atoms with Crippen LogP contribution in [0.1, 0.15) is 12.1 Å². The highest BCUT2D eigenvalue weighted by atomic mass is 16.6. The van der Waals surface area contributed by atoms with Gasteiger partial charge < -0.3 is 5.11 Å². The fourth-order valence-corrected chi connectivity index (χ4v) is 0.812. The number of aliphatic carboxylic acids is 1. The maximum absolute atomic E-state index is 10.4. The number of rotatable bonds is 2. The lowest BCUT2D eigenvalue weighted by molar-refractivity contribution is -0.385. The van der Waals surface area contributed by atoms with Crippen LogP contribution in [0.2, 0.25) is 0 Å². The molecule has 15 heavy (non-hydrogen) atoms. The number of carbonyl (C=O) groups is 1. The summed E-state index contributed by atoms with van der Waals surface area (Å²) in [5.41, 5.74) is 0.0649. The topological polar surface area (TPSA) is 93.3 Å². The molecule has 0 saturated heterocycles. The minimum absolute atomic E-state index is 0.121. The number of nitrogens with zero attached hydrogens (tertiary/aromatic N) is 2. The standard InChI is InChI=1S/C9H6N2O4/c12-9(13)3-1-2-7-6-8(11(14)15)4-5-10-7/h4-6H,3H2,(H,12,13). The van der Waals surface area contributed by atoms with E-state index in [1.165, 1.54) is 18.3 Å². The van der Waals surface area contributed by atoms with Gasteiger partial charge in [-0.25, -0.2) is 4.98 Å². The van der Waals surface area contributed by atoms with Crippen LogP contribution in [0.25, 0.3) is 0 Å². The van der Waals surface area contributed by atoms with Crippen molar-refractivity contribution in [1.82, 2.24) is 4.98 Å². The first-order valence-electron chi connectivity index (χ1n) is 3.90. The Hall–Kier alpha value is -2.42. The summed E-state index contributed by atoms with van der Waals surface area (Å²) in [6, 6.07) is 2.43. The van der Waals surface area contributed by atoms with E-state index in [1.807, 2.05) is 0 Å². The van der Waals surface area contributed by atoms with Gasteiger partial charge in [0.15, 0.2) is 0 Å². The molecule has 1 N–H and O–H groups in total. The van der Waals surface area contributed by atoms with E-state index in [-0.39, 0.29) is 17.8 Å². The third-order valence-corrected chi connectivity index (χ3v) is 1.41. The van der Waals surface area contributed by atoms with Crippen LogP contribution in [0.5, 0.6) is 0 Å². The maximum Gasteiger partial charge on any atom is 0.315 e. The largest absolute Gasteiger partial charge is 0.481 e. The number of aromatic nitrogens is 1. The van der Waals surface area contributed by atoms with Crippen molar-refractivity contribution in [3.8, 4) is 11.8 Å². The number of carboxylic acid groups (broad SMARTS) is 1. The van der Waals surface area contributed by atoms with Gasteiger partial charge in [0.1, 0.15) is 12.1 Å². The second-order valence-corrected chi connectivity index (χ2v) is 2.53. The van der Waals surface area contributed by atoms with E-state index in [9.17, 15) is 14.9 Å². The summed E-state index contributed by atoms with van der Waals surface area (Å²) in [5, 5.41) is 18.7. The zero-order valence-corrected chi connectivity index (χ0v) is 7.51. The average Bonchev–Trinajstić information content (AvgIpc) is 2.17. The molecule has 0 fully saturated rings. The molecular formula is C9H6N2O4.